The molecular formula is C17H20O7. The molecule has 0 fully saturated rings. The fourth-order valence-corrected chi connectivity index (χ4v) is 2.35. The van der Waals surface area contributed by atoms with E-state index in [-0.39, 0.29) is 42.1 Å². The third-order valence-electron chi connectivity index (χ3n) is 3.40. The van der Waals surface area contributed by atoms with Crippen molar-refractivity contribution in [2.24, 2.45) is 5.92 Å². The van der Waals surface area contributed by atoms with Crippen LogP contribution < -0.4 is 0 Å². The molecule has 0 aromatic heterocycles. The Bertz CT molecular complexity index is 636. The minimum absolute atomic E-state index is 0.0114. The first-order valence-electron chi connectivity index (χ1n) is 7.32. The van der Waals surface area contributed by atoms with Gasteiger partial charge in [-0.05, 0) is 30.4 Å². The lowest BCUT2D eigenvalue weighted by molar-refractivity contribution is -0.139. The van der Waals surface area contributed by atoms with Crippen molar-refractivity contribution in [1.29, 1.82) is 0 Å². The molecule has 0 radical (unpaired) electrons. The van der Waals surface area contributed by atoms with E-state index in [2.05, 4.69) is 6.58 Å². The Morgan fingerprint density at radius 1 is 1.25 bits per heavy atom. The molecule has 0 aliphatic rings. The third kappa shape index (κ3) is 5.51. The molecule has 24 heavy (non-hydrogen) atoms. The minimum atomic E-state index is -1.36. The van der Waals surface area contributed by atoms with Gasteiger partial charge >= 0.3 is 17.9 Å². The fraction of sp³-hybridized carbons (Fsp3) is 0.353. The predicted molar refractivity (Wildman–Crippen MR) is 85.0 cm³/mol. The highest BCUT2D eigenvalue weighted by atomic mass is 16.5. The van der Waals surface area contributed by atoms with Crippen molar-refractivity contribution in [2.75, 3.05) is 6.61 Å². The molecule has 2 atom stereocenters. The number of benzene rings is 1. The number of carboxylic acid groups (broad SMARTS) is 2. The fourth-order valence-electron chi connectivity index (χ4n) is 2.35. The Hall–Kier alpha value is -2.67. The van der Waals surface area contributed by atoms with Gasteiger partial charge in [0, 0.05) is 6.08 Å². The average molecular weight is 336 g/mol. The van der Waals surface area contributed by atoms with E-state index in [1.807, 2.05) is 0 Å². The molecule has 0 amide bonds. The molecular weight excluding hydrogens is 316 g/mol. The van der Waals surface area contributed by atoms with Crippen molar-refractivity contribution >= 4 is 17.9 Å². The van der Waals surface area contributed by atoms with Gasteiger partial charge in [0.15, 0.2) is 0 Å². The van der Waals surface area contributed by atoms with Gasteiger partial charge in [0.1, 0.15) is 0 Å². The summed E-state index contributed by atoms with van der Waals surface area (Å²) in [4.78, 5) is 33.5. The third-order valence-corrected chi connectivity index (χ3v) is 3.40. The molecule has 0 aliphatic carbocycles. The van der Waals surface area contributed by atoms with E-state index >= 15 is 0 Å². The minimum Gasteiger partial charge on any atom is -0.478 e. The topological polar surface area (TPSA) is 121 Å². The summed E-state index contributed by atoms with van der Waals surface area (Å²) in [7, 11) is 0. The maximum atomic E-state index is 11.3. The van der Waals surface area contributed by atoms with Crippen LogP contribution in [0.3, 0.4) is 0 Å². The van der Waals surface area contributed by atoms with Crippen molar-refractivity contribution in [3.05, 3.63) is 47.5 Å². The molecule has 2 unspecified atom stereocenters. The Labute approximate surface area is 139 Å². The number of hydrogen-bond donors (Lipinski definition) is 3. The quantitative estimate of drug-likeness (QED) is 0.464. The van der Waals surface area contributed by atoms with Gasteiger partial charge in [-0.3, -0.25) is 0 Å². The zero-order valence-electron chi connectivity index (χ0n) is 13.3. The molecule has 1 aromatic rings. The summed E-state index contributed by atoms with van der Waals surface area (Å²) in [5, 5.41) is 28.5. The molecule has 7 heteroatoms. The van der Waals surface area contributed by atoms with Crippen LogP contribution in [0.4, 0.5) is 0 Å². The SMILES string of the molecule is C=CC(=O)OCC(C)CC(O)Cc1cccc(C(=O)O)c1C(=O)O. The van der Waals surface area contributed by atoms with Gasteiger partial charge in [-0.25, -0.2) is 14.4 Å². The van der Waals surface area contributed by atoms with Crippen LogP contribution in [0.2, 0.25) is 0 Å². The van der Waals surface area contributed by atoms with E-state index in [1.165, 1.54) is 18.2 Å². The zero-order valence-corrected chi connectivity index (χ0v) is 13.3. The molecule has 0 heterocycles. The number of ether oxygens (including phenoxy) is 1. The van der Waals surface area contributed by atoms with Crippen LogP contribution in [0, 0.1) is 5.92 Å². The van der Waals surface area contributed by atoms with Gasteiger partial charge in [0.2, 0.25) is 0 Å². The van der Waals surface area contributed by atoms with Crippen molar-refractivity contribution in [2.45, 2.75) is 25.9 Å². The predicted octanol–water partition coefficient (Wildman–Crippen LogP) is 1.74. The van der Waals surface area contributed by atoms with Crippen LogP contribution in [0.15, 0.2) is 30.9 Å². The van der Waals surface area contributed by atoms with Crippen molar-refractivity contribution in [1.82, 2.24) is 0 Å². The number of rotatable bonds is 9. The number of carbonyl (C=O) groups excluding carboxylic acids is 1. The lowest BCUT2D eigenvalue weighted by Gasteiger charge is -2.17. The Balaban J connectivity index is 2.80. The van der Waals surface area contributed by atoms with Gasteiger partial charge in [-0.15, -0.1) is 0 Å². The van der Waals surface area contributed by atoms with Crippen molar-refractivity contribution in [3.63, 3.8) is 0 Å². The number of aliphatic hydroxyl groups is 1. The normalized spacial score (nSPS) is 12.9. The van der Waals surface area contributed by atoms with E-state index in [4.69, 9.17) is 9.84 Å². The molecule has 0 saturated heterocycles. The molecule has 130 valence electrons. The molecule has 7 nitrogen and oxygen atoms in total. The summed E-state index contributed by atoms with van der Waals surface area (Å²) < 4.78 is 4.88. The number of esters is 1. The second-order valence-corrected chi connectivity index (χ2v) is 5.48. The van der Waals surface area contributed by atoms with E-state index in [0.29, 0.717) is 0 Å². The van der Waals surface area contributed by atoms with Gasteiger partial charge < -0.3 is 20.1 Å². The Morgan fingerprint density at radius 3 is 2.46 bits per heavy atom. The second-order valence-electron chi connectivity index (χ2n) is 5.48. The smallest absolute Gasteiger partial charge is 0.336 e. The lowest BCUT2D eigenvalue weighted by atomic mass is 9.93. The van der Waals surface area contributed by atoms with Gasteiger partial charge in [-0.2, -0.15) is 0 Å². The standard InChI is InChI=1S/C17H20O7/c1-3-14(19)24-9-10(2)7-12(18)8-11-5-4-6-13(16(20)21)15(11)17(22)23/h3-6,10,12,18H,1,7-9H2,2H3,(H,20,21)(H,22,23). The van der Waals surface area contributed by atoms with Gasteiger partial charge in [-0.1, -0.05) is 25.6 Å². The lowest BCUT2D eigenvalue weighted by Crippen LogP contribution is -2.21. The Morgan fingerprint density at radius 2 is 1.92 bits per heavy atom. The van der Waals surface area contributed by atoms with Gasteiger partial charge in [0.25, 0.3) is 0 Å². The monoisotopic (exact) mass is 336 g/mol. The van der Waals surface area contributed by atoms with Gasteiger partial charge in [0.05, 0.1) is 23.8 Å². The first kappa shape index (κ1) is 19.4. The first-order chi connectivity index (χ1) is 11.3. The van der Waals surface area contributed by atoms with Crippen LogP contribution in [0.1, 0.15) is 39.6 Å². The van der Waals surface area contributed by atoms with Crippen LogP contribution in [0.5, 0.6) is 0 Å². The molecule has 0 aliphatic heterocycles. The summed E-state index contributed by atoms with van der Waals surface area (Å²) in [6, 6.07) is 4.12. The largest absolute Gasteiger partial charge is 0.478 e. The number of carbonyl (C=O) groups is 3. The highest BCUT2D eigenvalue weighted by Crippen LogP contribution is 2.19. The number of aromatic carboxylic acids is 2. The molecule has 0 saturated carbocycles. The number of carboxylic acids is 2. The van der Waals surface area contributed by atoms with Crippen LogP contribution in [-0.4, -0.2) is 45.9 Å². The zero-order chi connectivity index (χ0) is 18.3. The second kappa shape index (κ2) is 8.83. The van der Waals surface area contributed by atoms with Crippen molar-refractivity contribution in [3.8, 4) is 0 Å². The van der Waals surface area contributed by atoms with E-state index < -0.39 is 24.0 Å². The Kier molecular flexibility index (Phi) is 7.13. The molecule has 0 spiro atoms. The first-order valence-corrected chi connectivity index (χ1v) is 7.32. The molecule has 3 N–H and O–H groups in total. The summed E-state index contributed by atoms with van der Waals surface area (Å²) in [6.07, 6.45) is 0.396. The van der Waals surface area contributed by atoms with Crippen LogP contribution in [0.25, 0.3) is 0 Å². The highest BCUT2D eigenvalue weighted by Gasteiger charge is 2.22. The number of aliphatic hydroxyl groups excluding tert-OH is 1. The number of hydrogen-bond acceptors (Lipinski definition) is 5. The maximum Gasteiger partial charge on any atom is 0.336 e. The summed E-state index contributed by atoms with van der Waals surface area (Å²) >= 11 is 0. The van der Waals surface area contributed by atoms with E-state index in [1.54, 1.807) is 6.92 Å². The highest BCUT2D eigenvalue weighted by molar-refractivity contribution is 6.02. The molecule has 1 aromatic carbocycles. The van der Waals surface area contributed by atoms with E-state index in [9.17, 15) is 24.6 Å². The van der Waals surface area contributed by atoms with Crippen LogP contribution in [-0.2, 0) is 16.0 Å². The molecule has 1 rings (SSSR count). The average Bonchev–Trinajstić information content (AvgIpc) is 2.51. The summed E-state index contributed by atoms with van der Waals surface area (Å²) in [5.41, 5.74) is -0.403. The van der Waals surface area contributed by atoms with Crippen molar-refractivity contribution < 1.29 is 34.4 Å². The maximum absolute atomic E-state index is 11.3. The summed E-state index contributed by atoms with van der Waals surface area (Å²) in [5.74, 6) is -3.41. The van der Waals surface area contributed by atoms with Crippen LogP contribution >= 0.6 is 0 Å². The van der Waals surface area contributed by atoms with E-state index in [0.717, 1.165) is 6.08 Å². The molecule has 0 bridgehead atoms. The summed E-state index contributed by atoms with van der Waals surface area (Å²) in [6.45, 7) is 5.15.